The summed E-state index contributed by atoms with van der Waals surface area (Å²) in [5.41, 5.74) is 3.37. The summed E-state index contributed by atoms with van der Waals surface area (Å²) >= 11 is 0. The Bertz CT molecular complexity index is 811. The van der Waals surface area contributed by atoms with Crippen LogP contribution in [-0.4, -0.2) is 24.3 Å². The highest BCUT2D eigenvalue weighted by Gasteiger charge is 2.10. The molecule has 0 saturated carbocycles. The summed E-state index contributed by atoms with van der Waals surface area (Å²) in [4.78, 5) is 2.03. The van der Waals surface area contributed by atoms with Crippen molar-refractivity contribution in [3.8, 4) is 29.0 Å². The van der Waals surface area contributed by atoms with Crippen molar-refractivity contribution in [2.24, 2.45) is 0 Å². The zero-order valence-electron chi connectivity index (χ0n) is 12.3. The molecule has 2 aromatic carbocycles. The van der Waals surface area contributed by atoms with Gasteiger partial charge in [0.25, 0.3) is 0 Å². The first-order chi connectivity index (χ1) is 10.7. The van der Waals surface area contributed by atoms with Crippen LogP contribution in [-0.2, 0) is 0 Å². The van der Waals surface area contributed by atoms with Crippen molar-refractivity contribution in [2.75, 3.05) is 19.0 Å². The van der Waals surface area contributed by atoms with Gasteiger partial charge in [-0.1, -0.05) is 0 Å². The fourth-order valence-electron chi connectivity index (χ4n) is 2.05. The lowest BCUT2D eigenvalue weighted by molar-refractivity contribution is 0.584. The van der Waals surface area contributed by atoms with Crippen LogP contribution >= 0.6 is 0 Å². The quantitative estimate of drug-likeness (QED) is 0.740. The van der Waals surface area contributed by atoms with E-state index >= 15 is 0 Å². The summed E-state index contributed by atoms with van der Waals surface area (Å²) in [6, 6.07) is 17.0. The Kier molecular flexibility index (Phi) is 3.58. The Morgan fingerprint density at radius 1 is 0.864 bits per heavy atom. The Morgan fingerprint density at radius 3 is 1.82 bits per heavy atom. The van der Waals surface area contributed by atoms with E-state index < -0.39 is 0 Å². The number of benzene rings is 2. The summed E-state index contributed by atoms with van der Waals surface area (Å²) in [5.74, 6) is 0.917. The predicted molar refractivity (Wildman–Crippen MR) is 84.2 cm³/mol. The minimum absolute atomic E-state index is 0.441. The highest BCUT2D eigenvalue weighted by Crippen LogP contribution is 2.25. The van der Waals surface area contributed by atoms with Gasteiger partial charge in [0.2, 0.25) is 11.8 Å². The van der Waals surface area contributed by atoms with Gasteiger partial charge in [0, 0.05) is 30.9 Å². The van der Waals surface area contributed by atoms with Crippen molar-refractivity contribution in [2.45, 2.75) is 0 Å². The lowest BCUT2D eigenvalue weighted by atomic mass is 10.1. The van der Waals surface area contributed by atoms with Crippen LogP contribution in [0.2, 0.25) is 0 Å². The number of anilines is 1. The second-order valence-corrected chi connectivity index (χ2v) is 5.04. The highest BCUT2D eigenvalue weighted by molar-refractivity contribution is 5.61. The third kappa shape index (κ3) is 2.67. The minimum Gasteiger partial charge on any atom is -0.416 e. The van der Waals surface area contributed by atoms with Gasteiger partial charge in [-0.15, -0.1) is 10.2 Å². The Morgan fingerprint density at radius 2 is 1.36 bits per heavy atom. The molecule has 0 N–H and O–H groups in total. The van der Waals surface area contributed by atoms with Crippen molar-refractivity contribution >= 4 is 5.69 Å². The molecule has 5 heteroatoms. The lowest BCUT2D eigenvalue weighted by Crippen LogP contribution is -2.07. The van der Waals surface area contributed by atoms with Gasteiger partial charge in [0.15, 0.2) is 0 Å². The molecule has 0 unspecified atom stereocenters. The number of nitrogens with zero attached hydrogens (tertiary/aromatic N) is 4. The Labute approximate surface area is 128 Å². The molecule has 3 aromatic rings. The first-order valence-electron chi connectivity index (χ1n) is 6.79. The zero-order chi connectivity index (χ0) is 15.5. The van der Waals surface area contributed by atoms with E-state index in [1.807, 2.05) is 43.3 Å². The Hall–Kier alpha value is -3.13. The smallest absolute Gasteiger partial charge is 0.248 e. The van der Waals surface area contributed by atoms with E-state index in [4.69, 9.17) is 9.68 Å². The second kappa shape index (κ2) is 5.70. The van der Waals surface area contributed by atoms with Crippen LogP contribution < -0.4 is 4.90 Å². The van der Waals surface area contributed by atoms with Crippen LogP contribution in [0.15, 0.2) is 52.9 Å². The first-order valence-corrected chi connectivity index (χ1v) is 6.79. The number of aromatic nitrogens is 2. The number of hydrogen-bond donors (Lipinski definition) is 0. The molecule has 0 spiro atoms. The van der Waals surface area contributed by atoms with Crippen LogP contribution in [0.25, 0.3) is 22.9 Å². The molecule has 0 aliphatic heterocycles. The molecule has 0 radical (unpaired) electrons. The van der Waals surface area contributed by atoms with Gasteiger partial charge >= 0.3 is 0 Å². The summed E-state index contributed by atoms with van der Waals surface area (Å²) in [5, 5.41) is 17.0. The first kappa shape index (κ1) is 13.8. The molecule has 0 aliphatic rings. The molecule has 1 heterocycles. The van der Waals surface area contributed by atoms with Gasteiger partial charge < -0.3 is 9.32 Å². The molecule has 3 rings (SSSR count). The standard InChI is InChI=1S/C17H14N4O/c1-21(2)15-9-7-14(8-10-15)17-20-19-16(22-17)13-5-3-12(11-18)4-6-13/h3-10H,1-2H3. The third-order valence-electron chi connectivity index (χ3n) is 3.32. The minimum atomic E-state index is 0.441. The Balaban J connectivity index is 1.88. The summed E-state index contributed by atoms with van der Waals surface area (Å²) in [7, 11) is 3.98. The van der Waals surface area contributed by atoms with Gasteiger partial charge in [-0.25, -0.2) is 0 Å². The molecule has 22 heavy (non-hydrogen) atoms. The molecule has 0 atom stereocenters. The van der Waals surface area contributed by atoms with Gasteiger partial charge in [-0.2, -0.15) is 5.26 Å². The molecular weight excluding hydrogens is 276 g/mol. The maximum absolute atomic E-state index is 8.81. The molecule has 0 fully saturated rings. The lowest BCUT2D eigenvalue weighted by Gasteiger charge is -2.11. The van der Waals surface area contributed by atoms with Gasteiger partial charge in [0.05, 0.1) is 11.6 Å². The van der Waals surface area contributed by atoms with Crippen molar-refractivity contribution in [3.05, 3.63) is 54.1 Å². The maximum Gasteiger partial charge on any atom is 0.248 e. The molecule has 0 saturated heterocycles. The largest absolute Gasteiger partial charge is 0.416 e. The van der Waals surface area contributed by atoms with Gasteiger partial charge in [-0.3, -0.25) is 0 Å². The van der Waals surface area contributed by atoms with Crippen molar-refractivity contribution in [1.82, 2.24) is 10.2 Å². The van der Waals surface area contributed by atoms with E-state index in [1.165, 1.54) is 0 Å². The van der Waals surface area contributed by atoms with Crippen LogP contribution in [0.1, 0.15) is 5.56 Å². The van der Waals surface area contributed by atoms with Crippen molar-refractivity contribution in [1.29, 1.82) is 5.26 Å². The van der Waals surface area contributed by atoms with Crippen LogP contribution in [0.4, 0.5) is 5.69 Å². The molecular formula is C17H14N4O. The van der Waals surface area contributed by atoms with E-state index in [9.17, 15) is 0 Å². The van der Waals surface area contributed by atoms with Crippen LogP contribution in [0.5, 0.6) is 0 Å². The summed E-state index contributed by atoms with van der Waals surface area (Å²) < 4.78 is 5.71. The van der Waals surface area contributed by atoms with E-state index in [2.05, 4.69) is 16.3 Å². The van der Waals surface area contributed by atoms with Crippen LogP contribution in [0, 0.1) is 11.3 Å². The van der Waals surface area contributed by atoms with Gasteiger partial charge in [0.1, 0.15) is 0 Å². The average molecular weight is 290 g/mol. The topological polar surface area (TPSA) is 66.0 Å². The second-order valence-electron chi connectivity index (χ2n) is 5.04. The monoisotopic (exact) mass is 290 g/mol. The zero-order valence-corrected chi connectivity index (χ0v) is 12.3. The van der Waals surface area contributed by atoms with Crippen molar-refractivity contribution < 1.29 is 4.42 Å². The fourth-order valence-corrected chi connectivity index (χ4v) is 2.05. The summed E-state index contributed by atoms with van der Waals surface area (Å²) in [6.07, 6.45) is 0. The predicted octanol–water partition coefficient (Wildman–Crippen LogP) is 3.34. The number of nitriles is 1. The third-order valence-corrected chi connectivity index (χ3v) is 3.32. The van der Waals surface area contributed by atoms with E-state index in [0.717, 1.165) is 16.8 Å². The number of rotatable bonds is 3. The van der Waals surface area contributed by atoms with Gasteiger partial charge in [-0.05, 0) is 48.5 Å². The van der Waals surface area contributed by atoms with E-state index in [0.29, 0.717) is 17.3 Å². The molecule has 108 valence electrons. The number of hydrogen-bond acceptors (Lipinski definition) is 5. The highest BCUT2D eigenvalue weighted by atomic mass is 16.4. The molecule has 0 amide bonds. The SMILES string of the molecule is CN(C)c1ccc(-c2nnc(-c3ccc(C#N)cc3)o2)cc1. The van der Waals surface area contributed by atoms with E-state index in [1.54, 1.807) is 24.3 Å². The fraction of sp³-hybridized carbons (Fsp3) is 0.118. The molecule has 5 nitrogen and oxygen atoms in total. The normalized spacial score (nSPS) is 10.2. The maximum atomic E-state index is 8.81. The van der Waals surface area contributed by atoms with E-state index in [-0.39, 0.29) is 0 Å². The molecule has 0 bridgehead atoms. The molecule has 0 aliphatic carbocycles. The summed E-state index contributed by atoms with van der Waals surface area (Å²) in [6.45, 7) is 0. The van der Waals surface area contributed by atoms with Crippen LogP contribution in [0.3, 0.4) is 0 Å². The average Bonchev–Trinajstić information content (AvgIpc) is 3.05. The molecule has 1 aromatic heterocycles. The van der Waals surface area contributed by atoms with Crippen molar-refractivity contribution in [3.63, 3.8) is 0 Å².